The number of hydrogen-bond donors (Lipinski definition) is 1. The van der Waals surface area contributed by atoms with E-state index in [0.717, 1.165) is 18.9 Å². The predicted molar refractivity (Wildman–Crippen MR) is 71.3 cm³/mol. The predicted octanol–water partition coefficient (Wildman–Crippen LogP) is 2.92. The fourth-order valence-corrected chi connectivity index (χ4v) is 3.38. The van der Waals surface area contributed by atoms with Gasteiger partial charge in [-0.1, -0.05) is 0 Å². The molecule has 1 N–H and O–H groups in total. The Morgan fingerprint density at radius 3 is 2.57 bits per heavy atom. The van der Waals surface area contributed by atoms with Gasteiger partial charge in [0.1, 0.15) is 0 Å². The number of nitrogens with zero attached hydrogens (tertiary/aromatic N) is 3. The van der Waals surface area contributed by atoms with E-state index in [1.165, 1.54) is 28.4 Å². The Hall–Kier alpha value is -1.38. The van der Waals surface area contributed by atoms with Gasteiger partial charge in [-0.05, 0) is 18.8 Å². The average Bonchev–Trinajstić information content (AvgIpc) is 2.78. The Bertz CT molecular complexity index is 510. The van der Waals surface area contributed by atoms with Crippen molar-refractivity contribution in [3.63, 3.8) is 0 Å². The molecule has 0 atom stereocenters. The van der Waals surface area contributed by atoms with E-state index in [0.29, 0.717) is 29.8 Å². The molecule has 0 aromatic carbocycles. The minimum atomic E-state index is -4.43. The van der Waals surface area contributed by atoms with Crippen molar-refractivity contribution in [2.75, 3.05) is 18.8 Å². The van der Waals surface area contributed by atoms with Gasteiger partial charge in [0.2, 0.25) is 0 Å². The van der Waals surface area contributed by atoms with Gasteiger partial charge < -0.3 is 10.0 Å². The summed E-state index contributed by atoms with van der Waals surface area (Å²) in [4.78, 5) is 12.2. The Kier molecular flexibility index (Phi) is 4.70. The molecule has 0 radical (unpaired) electrons. The number of alkyl halides is 3. The third kappa shape index (κ3) is 4.05. The molecule has 1 aromatic rings. The fraction of sp³-hybridized carbons (Fsp3) is 0.667. The SMILES string of the molecule is Cn1nc(C(F)(F)F)cc1SCC1CCN(C(=O)O)CC1. The number of rotatable bonds is 3. The summed E-state index contributed by atoms with van der Waals surface area (Å²) < 4.78 is 38.9. The highest BCUT2D eigenvalue weighted by Crippen LogP contribution is 2.32. The van der Waals surface area contributed by atoms with Gasteiger partial charge in [0.25, 0.3) is 0 Å². The molecule has 0 unspecified atom stereocenters. The second-order valence-electron chi connectivity index (χ2n) is 5.01. The first-order chi connectivity index (χ1) is 9.77. The van der Waals surface area contributed by atoms with Gasteiger partial charge in [0.15, 0.2) is 5.69 Å². The summed E-state index contributed by atoms with van der Waals surface area (Å²) in [7, 11) is 1.49. The number of aryl methyl sites for hydroxylation is 1. The maximum absolute atomic E-state index is 12.5. The lowest BCUT2D eigenvalue weighted by atomic mass is 9.99. The zero-order valence-corrected chi connectivity index (χ0v) is 12.2. The van der Waals surface area contributed by atoms with Crippen molar-refractivity contribution in [3.05, 3.63) is 11.8 Å². The average molecular weight is 323 g/mol. The molecule has 1 aromatic heterocycles. The number of piperidine rings is 1. The van der Waals surface area contributed by atoms with Crippen LogP contribution < -0.4 is 0 Å². The lowest BCUT2D eigenvalue weighted by Gasteiger charge is -2.29. The second-order valence-corrected chi connectivity index (χ2v) is 6.05. The van der Waals surface area contributed by atoms with E-state index in [-0.39, 0.29) is 0 Å². The monoisotopic (exact) mass is 323 g/mol. The molecule has 21 heavy (non-hydrogen) atoms. The highest BCUT2D eigenvalue weighted by Gasteiger charge is 2.34. The molecule has 1 amide bonds. The minimum Gasteiger partial charge on any atom is -0.465 e. The summed E-state index contributed by atoms with van der Waals surface area (Å²) in [6.07, 6.45) is -3.86. The second kappa shape index (κ2) is 6.17. The summed E-state index contributed by atoms with van der Waals surface area (Å²) in [5.74, 6) is 0.986. The van der Waals surface area contributed by atoms with Crippen molar-refractivity contribution < 1.29 is 23.1 Å². The molecule has 2 heterocycles. The number of amides is 1. The van der Waals surface area contributed by atoms with Gasteiger partial charge >= 0.3 is 12.3 Å². The molecule has 2 rings (SSSR count). The van der Waals surface area contributed by atoms with Crippen LogP contribution in [0.15, 0.2) is 11.1 Å². The van der Waals surface area contributed by atoms with E-state index in [2.05, 4.69) is 5.10 Å². The van der Waals surface area contributed by atoms with Crippen molar-refractivity contribution in [1.82, 2.24) is 14.7 Å². The van der Waals surface area contributed by atoms with E-state index in [9.17, 15) is 18.0 Å². The standard InChI is InChI=1S/C12H16F3N3O2S/c1-17-10(6-9(16-17)12(13,14)15)21-7-8-2-4-18(5-3-8)11(19)20/h6,8H,2-5,7H2,1H3,(H,19,20). The van der Waals surface area contributed by atoms with Crippen LogP contribution in [0.1, 0.15) is 18.5 Å². The van der Waals surface area contributed by atoms with Crippen LogP contribution in [-0.4, -0.2) is 44.7 Å². The number of aromatic nitrogens is 2. The minimum absolute atomic E-state index is 0.315. The van der Waals surface area contributed by atoms with Gasteiger partial charge in [-0.3, -0.25) is 4.68 Å². The van der Waals surface area contributed by atoms with Crippen LogP contribution >= 0.6 is 11.8 Å². The quantitative estimate of drug-likeness (QED) is 0.869. The van der Waals surface area contributed by atoms with Gasteiger partial charge in [-0.2, -0.15) is 18.3 Å². The number of carboxylic acid groups (broad SMARTS) is 1. The lowest BCUT2D eigenvalue weighted by Crippen LogP contribution is -2.37. The fourth-order valence-electron chi connectivity index (χ4n) is 2.22. The van der Waals surface area contributed by atoms with Crippen molar-refractivity contribution in [1.29, 1.82) is 0 Å². The summed E-state index contributed by atoms with van der Waals surface area (Å²) in [5, 5.41) is 12.8. The van der Waals surface area contributed by atoms with Crippen molar-refractivity contribution in [2.24, 2.45) is 13.0 Å². The molecule has 9 heteroatoms. The Labute approximate surface area is 124 Å². The molecule has 0 bridgehead atoms. The van der Waals surface area contributed by atoms with Crippen LogP contribution in [0.2, 0.25) is 0 Å². The Morgan fingerprint density at radius 1 is 1.48 bits per heavy atom. The molecule has 1 aliphatic heterocycles. The number of thioether (sulfide) groups is 1. The van der Waals surface area contributed by atoms with Crippen LogP contribution in [-0.2, 0) is 13.2 Å². The van der Waals surface area contributed by atoms with E-state index < -0.39 is 18.0 Å². The van der Waals surface area contributed by atoms with Crippen molar-refractivity contribution in [2.45, 2.75) is 24.0 Å². The smallest absolute Gasteiger partial charge is 0.435 e. The van der Waals surface area contributed by atoms with Crippen LogP contribution in [0.3, 0.4) is 0 Å². The number of likely N-dealkylation sites (tertiary alicyclic amines) is 1. The largest absolute Gasteiger partial charge is 0.465 e. The molecule has 1 saturated heterocycles. The molecular formula is C12H16F3N3O2S. The summed E-state index contributed by atoms with van der Waals surface area (Å²) in [6, 6.07) is 1.05. The number of hydrogen-bond acceptors (Lipinski definition) is 3. The molecule has 0 saturated carbocycles. The molecule has 1 aliphatic rings. The van der Waals surface area contributed by atoms with E-state index >= 15 is 0 Å². The first-order valence-corrected chi connectivity index (χ1v) is 7.48. The zero-order valence-electron chi connectivity index (χ0n) is 11.4. The molecular weight excluding hydrogens is 307 g/mol. The van der Waals surface area contributed by atoms with Gasteiger partial charge in [0.05, 0.1) is 5.03 Å². The molecule has 1 fully saturated rings. The van der Waals surface area contributed by atoms with E-state index in [4.69, 9.17) is 5.11 Å². The van der Waals surface area contributed by atoms with E-state index in [1.807, 2.05) is 0 Å². The van der Waals surface area contributed by atoms with Crippen LogP contribution in [0.4, 0.5) is 18.0 Å². The summed E-state index contributed by atoms with van der Waals surface area (Å²) in [6.45, 7) is 0.972. The number of halogens is 3. The highest BCUT2D eigenvalue weighted by molar-refractivity contribution is 7.99. The number of carbonyl (C=O) groups is 1. The van der Waals surface area contributed by atoms with Crippen LogP contribution in [0.25, 0.3) is 0 Å². The Balaban J connectivity index is 1.87. The zero-order chi connectivity index (χ0) is 15.6. The summed E-state index contributed by atoms with van der Waals surface area (Å²) >= 11 is 1.33. The highest BCUT2D eigenvalue weighted by atomic mass is 32.2. The van der Waals surface area contributed by atoms with Gasteiger partial charge in [-0.25, -0.2) is 4.79 Å². The molecule has 5 nitrogen and oxygen atoms in total. The molecule has 0 spiro atoms. The maximum Gasteiger partial charge on any atom is 0.435 e. The first kappa shape index (κ1) is 16.0. The van der Waals surface area contributed by atoms with Crippen LogP contribution in [0, 0.1) is 5.92 Å². The van der Waals surface area contributed by atoms with Crippen LogP contribution in [0.5, 0.6) is 0 Å². The first-order valence-electron chi connectivity index (χ1n) is 6.49. The third-order valence-electron chi connectivity index (χ3n) is 3.48. The normalized spacial score (nSPS) is 17.2. The van der Waals surface area contributed by atoms with Crippen molar-refractivity contribution in [3.8, 4) is 0 Å². The maximum atomic E-state index is 12.5. The van der Waals surface area contributed by atoms with E-state index in [1.54, 1.807) is 0 Å². The molecule has 118 valence electrons. The van der Waals surface area contributed by atoms with Gasteiger partial charge in [0, 0.05) is 32.0 Å². The topological polar surface area (TPSA) is 58.4 Å². The molecule has 0 aliphatic carbocycles. The van der Waals surface area contributed by atoms with Gasteiger partial charge in [-0.15, -0.1) is 11.8 Å². The summed E-state index contributed by atoms with van der Waals surface area (Å²) in [5.41, 5.74) is -0.881. The lowest BCUT2D eigenvalue weighted by molar-refractivity contribution is -0.141. The van der Waals surface area contributed by atoms with Crippen molar-refractivity contribution >= 4 is 17.9 Å². The Morgan fingerprint density at radius 2 is 2.10 bits per heavy atom. The third-order valence-corrected chi connectivity index (χ3v) is 4.80.